The van der Waals surface area contributed by atoms with Crippen molar-refractivity contribution in [1.82, 2.24) is 0 Å². The van der Waals surface area contributed by atoms with Crippen molar-refractivity contribution in [2.24, 2.45) is 0 Å². The van der Waals surface area contributed by atoms with Gasteiger partial charge < -0.3 is 4.74 Å². The van der Waals surface area contributed by atoms with E-state index in [1.165, 1.54) is 18.2 Å². The molecule has 0 bridgehead atoms. The first-order valence-electron chi connectivity index (χ1n) is 4.41. The Labute approximate surface area is 101 Å². The fraction of sp³-hybridized carbons (Fsp3) is 0.300. The maximum atomic E-state index is 12.7. The van der Waals surface area contributed by atoms with Gasteiger partial charge in [-0.2, -0.15) is 0 Å². The van der Waals surface area contributed by atoms with Crippen LogP contribution in [0.1, 0.15) is 13.8 Å². The van der Waals surface area contributed by atoms with Crippen LogP contribution in [0, 0.1) is 9.39 Å². The Bertz CT molecular complexity index is 368. The summed E-state index contributed by atoms with van der Waals surface area (Å²) in [5, 5.41) is 2.53. The molecule has 1 aromatic rings. The van der Waals surface area contributed by atoms with E-state index in [2.05, 4.69) is 5.32 Å². The maximum Gasteiger partial charge on any atom is 0.411 e. The highest BCUT2D eigenvalue weighted by atomic mass is 127. The van der Waals surface area contributed by atoms with Crippen LogP contribution in [0.4, 0.5) is 14.9 Å². The average Bonchev–Trinajstić information content (AvgIpc) is 2.08. The molecular formula is C10H11FINO2. The molecule has 3 nitrogen and oxygen atoms in total. The van der Waals surface area contributed by atoms with Crippen LogP contribution in [0.15, 0.2) is 18.2 Å². The molecule has 0 atom stereocenters. The highest BCUT2D eigenvalue weighted by molar-refractivity contribution is 14.1. The van der Waals surface area contributed by atoms with Crippen molar-refractivity contribution in [3.8, 4) is 0 Å². The molecule has 82 valence electrons. The number of amides is 1. The molecule has 0 aliphatic rings. The third-order valence-corrected chi connectivity index (χ3v) is 2.40. The molecule has 15 heavy (non-hydrogen) atoms. The summed E-state index contributed by atoms with van der Waals surface area (Å²) in [5.41, 5.74) is 0.544. The zero-order chi connectivity index (χ0) is 11.4. The second-order valence-corrected chi connectivity index (χ2v) is 4.37. The molecule has 1 rings (SSSR count). The normalized spacial score (nSPS) is 10.2. The van der Waals surface area contributed by atoms with Crippen LogP contribution in [0.25, 0.3) is 0 Å². The Morgan fingerprint density at radius 2 is 2.20 bits per heavy atom. The summed E-state index contributed by atoms with van der Waals surface area (Å²) in [5.74, 6) is -0.331. The van der Waals surface area contributed by atoms with E-state index in [-0.39, 0.29) is 11.9 Å². The van der Waals surface area contributed by atoms with Crippen molar-refractivity contribution in [2.75, 3.05) is 5.32 Å². The zero-order valence-electron chi connectivity index (χ0n) is 8.38. The van der Waals surface area contributed by atoms with Crippen LogP contribution in [0.5, 0.6) is 0 Å². The van der Waals surface area contributed by atoms with E-state index in [9.17, 15) is 9.18 Å². The van der Waals surface area contributed by atoms with Crippen molar-refractivity contribution < 1.29 is 13.9 Å². The SMILES string of the molecule is CC(C)OC(=O)Nc1ccc(F)cc1I. The second kappa shape index (κ2) is 5.29. The van der Waals surface area contributed by atoms with Crippen molar-refractivity contribution in [2.45, 2.75) is 20.0 Å². The smallest absolute Gasteiger partial charge is 0.411 e. The van der Waals surface area contributed by atoms with Gasteiger partial charge in [0.25, 0.3) is 0 Å². The van der Waals surface area contributed by atoms with E-state index in [1.54, 1.807) is 13.8 Å². The molecule has 0 aliphatic heterocycles. The van der Waals surface area contributed by atoms with Gasteiger partial charge in [-0.1, -0.05) is 0 Å². The van der Waals surface area contributed by atoms with Gasteiger partial charge in [-0.15, -0.1) is 0 Å². The summed E-state index contributed by atoms with van der Waals surface area (Å²) in [7, 11) is 0. The lowest BCUT2D eigenvalue weighted by molar-refractivity contribution is 0.130. The molecule has 1 aromatic carbocycles. The van der Waals surface area contributed by atoms with Gasteiger partial charge in [0.15, 0.2) is 0 Å². The summed E-state index contributed by atoms with van der Waals surface area (Å²) >= 11 is 1.94. The van der Waals surface area contributed by atoms with Crippen molar-refractivity contribution in [3.63, 3.8) is 0 Å². The van der Waals surface area contributed by atoms with Crippen LogP contribution < -0.4 is 5.32 Å². The lowest BCUT2D eigenvalue weighted by Crippen LogP contribution is -2.18. The number of halogens is 2. The van der Waals surface area contributed by atoms with Crippen LogP contribution in [0.2, 0.25) is 0 Å². The van der Waals surface area contributed by atoms with Gasteiger partial charge in [-0.3, -0.25) is 5.32 Å². The highest BCUT2D eigenvalue weighted by Gasteiger charge is 2.08. The van der Waals surface area contributed by atoms with E-state index in [4.69, 9.17) is 4.74 Å². The fourth-order valence-corrected chi connectivity index (χ4v) is 1.56. The standard InChI is InChI=1S/C10H11FINO2/c1-6(2)15-10(14)13-9-4-3-7(11)5-8(9)12/h3-6H,1-2H3,(H,13,14). The average molecular weight is 323 g/mol. The molecule has 0 radical (unpaired) electrons. The quantitative estimate of drug-likeness (QED) is 0.848. The topological polar surface area (TPSA) is 38.3 Å². The van der Waals surface area contributed by atoms with Crippen molar-refractivity contribution in [1.29, 1.82) is 0 Å². The molecule has 5 heteroatoms. The largest absolute Gasteiger partial charge is 0.447 e. The Morgan fingerprint density at radius 1 is 1.53 bits per heavy atom. The molecule has 1 N–H and O–H groups in total. The molecule has 0 spiro atoms. The summed E-state index contributed by atoms with van der Waals surface area (Å²) < 4.78 is 18.3. The van der Waals surface area contributed by atoms with E-state index < -0.39 is 6.09 Å². The number of rotatable bonds is 2. The van der Waals surface area contributed by atoms with Crippen LogP contribution in [0.3, 0.4) is 0 Å². The van der Waals surface area contributed by atoms with E-state index in [0.29, 0.717) is 9.26 Å². The monoisotopic (exact) mass is 323 g/mol. The molecule has 0 saturated carbocycles. The lowest BCUT2D eigenvalue weighted by atomic mass is 10.3. The first-order chi connectivity index (χ1) is 6.99. The van der Waals surface area contributed by atoms with Crippen LogP contribution >= 0.6 is 22.6 Å². The molecule has 0 aliphatic carbocycles. The minimum atomic E-state index is -0.533. The summed E-state index contributed by atoms with van der Waals surface area (Å²) in [6.07, 6.45) is -0.711. The zero-order valence-corrected chi connectivity index (χ0v) is 10.5. The first kappa shape index (κ1) is 12.2. The van der Waals surface area contributed by atoms with Gasteiger partial charge in [0.1, 0.15) is 5.82 Å². The third-order valence-electron chi connectivity index (χ3n) is 1.51. The minimum absolute atomic E-state index is 0.178. The summed E-state index contributed by atoms with van der Waals surface area (Å²) in [6.45, 7) is 3.52. The van der Waals surface area contributed by atoms with Gasteiger partial charge >= 0.3 is 6.09 Å². The van der Waals surface area contributed by atoms with Crippen LogP contribution in [-0.4, -0.2) is 12.2 Å². The summed E-state index contributed by atoms with van der Waals surface area (Å²) in [4.78, 5) is 11.2. The Morgan fingerprint density at radius 3 is 2.73 bits per heavy atom. The third kappa shape index (κ3) is 4.03. The predicted molar refractivity (Wildman–Crippen MR) is 64.4 cm³/mol. The van der Waals surface area contributed by atoms with Gasteiger partial charge in [0.2, 0.25) is 0 Å². The van der Waals surface area contributed by atoms with E-state index >= 15 is 0 Å². The van der Waals surface area contributed by atoms with E-state index in [0.717, 1.165) is 0 Å². The van der Waals surface area contributed by atoms with Gasteiger partial charge in [0.05, 0.1) is 11.8 Å². The summed E-state index contributed by atoms with van der Waals surface area (Å²) in [6, 6.07) is 4.12. The number of carbonyl (C=O) groups is 1. The molecule has 0 saturated heterocycles. The molecule has 0 aromatic heterocycles. The Kier molecular flexibility index (Phi) is 4.31. The van der Waals surface area contributed by atoms with Gasteiger partial charge in [-0.25, -0.2) is 9.18 Å². The molecule has 0 heterocycles. The van der Waals surface area contributed by atoms with Crippen LogP contribution in [-0.2, 0) is 4.74 Å². The van der Waals surface area contributed by atoms with Crippen molar-refractivity contribution >= 4 is 34.4 Å². The maximum absolute atomic E-state index is 12.7. The Balaban J connectivity index is 2.68. The molecule has 0 fully saturated rings. The number of carbonyl (C=O) groups excluding carboxylic acids is 1. The number of nitrogens with one attached hydrogen (secondary N) is 1. The number of hydrogen-bond acceptors (Lipinski definition) is 2. The minimum Gasteiger partial charge on any atom is -0.447 e. The molecule has 1 amide bonds. The number of hydrogen-bond donors (Lipinski definition) is 1. The van der Waals surface area contributed by atoms with E-state index in [1.807, 2.05) is 22.6 Å². The number of anilines is 1. The second-order valence-electron chi connectivity index (χ2n) is 3.20. The molecular weight excluding hydrogens is 312 g/mol. The predicted octanol–water partition coefficient (Wildman–Crippen LogP) is 3.39. The number of benzene rings is 1. The van der Waals surface area contributed by atoms with Gasteiger partial charge in [0, 0.05) is 3.57 Å². The fourth-order valence-electron chi connectivity index (χ4n) is 0.944. The lowest BCUT2D eigenvalue weighted by Gasteiger charge is -2.10. The first-order valence-corrected chi connectivity index (χ1v) is 5.49. The van der Waals surface area contributed by atoms with Crippen molar-refractivity contribution in [3.05, 3.63) is 27.6 Å². The number of ether oxygens (including phenoxy) is 1. The molecule has 0 unspecified atom stereocenters. The van der Waals surface area contributed by atoms with Gasteiger partial charge in [-0.05, 0) is 54.6 Å². The highest BCUT2D eigenvalue weighted by Crippen LogP contribution is 2.19. The Hall–Kier alpha value is -0.850.